The molecule has 0 saturated heterocycles. The first-order chi connectivity index (χ1) is 10.1. The fourth-order valence-electron chi connectivity index (χ4n) is 1.86. The summed E-state index contributed by atoms with van der Waals surface area (Å²) in [5, 5.41) is 3.11. The van der Waals surface area contributed by atoms with Crippen LogP contribution >= 0.6 is 11.6 Å². The van der Waals surface area contributed by atoms with Crippen LogP contribution in [0.2, 0.25) is 5.02 Å². The minimum Gasteiger partial charge on any atom is -0.493 e. The molecule has 1 aromatic carbocycles. The molecule has 0 fully saturated rings. The maximum Gasteiger partial charge on any atom is 0.257 e. The van der Waals surface area contributed by atoms with Crippen molar-refractivity contribution < 1.29 is 14.3 Å². The summed E-state index contributed by atoms with van der Waals surface area (Å²) < 4.78 is 10.4. The molecule has 2 aromatic rings. The number of aryl methyl sites for hydroxylation is 1. The molecule has 6 heteroatoms. The maximum absolute atomic E-state index is 12.2. The van der Waals surface area contributed by atoms with E-state index < -0.39 is 0 Å². The quantitative estimate of drug-likeness (QED) is 0.941. The lowest BCUT2D eigenvalue weighted by atomic mass is 10.1. The minimum absolute atomic E-state index is 0.299. The highest BCUT2D eigenvalue weighted by Gasteiger charge is 2.14. The van der Waals surface area contributed by atoms with Crippen LogP contribution in [0.4, 0.5) is 5.69 Å². The molecule has 1 amide bonds. The van der Waals surface area contributed by atoms with Crippen LogP contribution in [0.25, 0.3) is 0 Å². The Kier molecular flexibility index (Phi) is 4.65. The van der Waals surface area contributed by atoms with Gasteiger partial charge in [0.15, 0.2) is 11.5 Å². The molecule has 110 valence electrons. The van der Waals surface area contributed by atoms with Crippen LogP contribution in [0.3, 0.4) is 0 Å². The summed E-state index contributed by atoms with van der Waals surface area (Å²) in [6, 6.07) is 5.07. The van der Waals surface area contributed by atoms with E-state index in [0.717, 1.165) is 5.56 Å². The molecule has 0 bridgehead atoms. The summed E-state index contributed by atoms with van der Waals surface area (Å²) in [5.74, 6) is 0.840. The van der Waals surface area contributed by atoms with Gasteiger partial charge < -0.3 is 14.8 Å². The lowest BCUT2D eigenvalue weighted by Gasteiger charge is -2.14. The Balaban J connectivity index is 2.31. The third-order valence-electron chi connectivity index (χ3n) is 3.00. The van der Waals surface area contributed by atoms with E-state index in [1.165, 1.54) is 12.4 Å². The summed E-state index contributed by atoms with van der Waals surface area (Å²) in [5.41, 5.74) is 1.84. The number of nitrogens with one attached hydrogen (secondary N) is 1. The van der Waals surface area contributed by atoms with Gasteiger partial charge in [0.05, 0.1) is 24.8 Å². The molecule has 2 rings (SSSR count). The number of ether oxygens (including phenoxy) is 2. The van der Waals surface area contributed by atoms with Crippen molar-refractivity contribution in [1.29, 1.82) is 0 Å². The van der Waals surface area contributed by atoms with E-state index in [4.69, 9.17) is 21.1 Å². The molecule has 5 nitrogen and oxygen atoms in total. The predicted molar refractivity (Wildman–Crippen MR) is 81.5 cm³/mol. The second-order valence-electron chi connectivity index (χ2n) is 4.33. The summed E-state index contributed by atoms with van der Waals surface area (Å²) in [6.07, 6.45) is 2.94. The highest BCUT2D eigenvalue weighted by molar-refractivity contribution is 6.34. The van der Waals surface area contributed by atoms with Gasteiger partial charge in [-0.1, -0.05) is 11.6 Å². The van der Waals surface area contributed by atoms with Gasteiger partial charge in [-0.05, 0) is 24.6 Å². The summed E-state index contributed by atoms with van der Waals surface area (Å²) in [4.78, 5) is 16.1. The van der Waals surface area contributed by atoms with Crippen LogP contribution in [0.5, 0.6) is 11.5 Å². The molecule has 0 unspecified atom stereocenters. The van der Waals surface area contributed by atoms with Crippen molar-refractivity contribution in [2.24, 2.45) is 0 Å². The van der Waals surface area contributed by atoms with Gasteiger partial charge in [0.2, 0.25) is 0 Å². The fraction of sp³-hybridized carbons (Fsp3) is 0.200. The number of carbonyl (C=O) groups excluding carboxylic acids is 1. The smallest absolute Gasteiger partial charge is 0.257 e. The summed E-state index contributed by atoms with van der Waals surface area (Å²) in [7, 11) is 3.10. The Labute approximate surface area is 127 Å². The van der Waals surface area contributed by atoms with Gasteiger partial charge in [-0.2, -0.15) is 0 Å². The van der Waals surface area contributed by atoms with Crippen molar-refractivity contribution in [3.8, 4) is 11.5 Å². The largest absolute Gasteiger partial charge is 0.493 e. The first-order valence-electron chi connectivity index (χ1n) is 6.20. The number of pyridine rings is 1. The number of halogens is 1. The number of hydrogen-bond donors (Lipinski definition) is 1. The third-order valence-corrected chi connectivity index (χ3v) is 3.30. The van der Waals surface area contributed by atoms with Gasteiger partial charge in [0.1, 0.15) is 0 Å². The summed E-state index contributed by atoms with van der Waals surface area (Å²) in [6.45, 7) is 1.87. The van der Waals surface area contributed by atoms with E-state index >= 15 is 0 Å². The Hall–Kier alpha value is -2.27. The van der Waals surface area contributed by atoms with Gasteiger partial charge in [-0.15, -0.1) is 0 Å². The van der Waals surface area contributed by atoms with E-state index in [-0.39, 0.29) is 5.91 Å². The number of anilines is 1. The number of aromatic nitrogens is 1. The zero-order valence-electron chi connectivity index (χ0n) is 11.9. The summed E-state index contributed by atoms with van der Waals surface area (Å²) >= 11 is 5.96. The third kappa shape index (κ3) is 3.25. The van der Waals surface area contributed by atoms with Crippen LogP contribution in [0, 0.1) is 6.92 Å². The van der Waals surface area contributed by atoms with Crippen LogP contribution in [-0.4, -0.2) is 25.1 Å². The number of nitrogens with zero attached hydrogens (tertiary/aromatic N) is 1. The minimum atomic E-state index is -0.308. The second kappa shape index (κ2) is 6.45. The van der Waals surface area contributed by atoms with Crippen LogP contribution < -0.4 is 14.8 Å². The van der Waals surface area contributed by atoms with Crippen LogP contribution in [-0.2, 0) is 0 Å². The van der Waals surface area contributed by atoms with Crippen molar-refractivity contribution in [2.75, 3.05) is 19.5 Å². The number of hydrogen-bond acceptors (Lipinski definition) is 4. The SMILES string of the molecule is COc1cc(C)c(NC(=O)c2ccncc2Cl)cc1OC. The molecule has 1 heterocycles. The lowest BCUT2D eigenvalue weighted by molar-refractivity contribution is 0.102. The molecule has 0 spiro atoms. The van der Waals surface area contributed by atoms with Crippen LogP contribution in [0.1, 0.15) is 15.9 Å². The Morgan fingerprint density at radius 3 is 2.52 bits per heavy atom. The van der Waals surface area contributed by atoms with E-state index in [1.807, 2.05) is 6.92 Å². The highest BCUT2D eigenvalue weighted by Crippen LogP contribution is 2.33. The van der Waals surface area contributed by atoms with Gasteiger partial charge in [0.25, 0.3) is 5.91 Å². The van der Waals surface area contributed by atoms with Gasteiger partial charge >= 0.3 is 0 Å². The van der Waals surface area contributed by atoms with E-state index in [2.05, 4.69) is 10.3 Å². The van der Waals surface area contributed by atoms with E-state index in [0.29, 0.717) is 27.8 Å². The van der Waals surface area contributed by atoms with E-state index in [9.17, 15) is 4.79 Å². The van der Waals surface area contributed by atoms with Crippen molar-refractivity contribution >= 4 is 23.2 Å². The fourth-order valence-corrected chi connectivity index (χ4v) is 2.07. The number of amides is 1. The molecule has 0 aliphatic rings. The van der Waals surface area contributed by atoms with Gasteiger partial charge in [0, 0.05) is 24.1 Å². The molecular formula is C15H15ClN2O3. The first-order valence-corrected chi connectivity index (χ1v) is 6.58. The molecule has 0 saturated carbocycles. The maximum atomic E-state index is 12.2. The monoisotopic (exact) mass is 306 g/mol. The Morgan fingerprint density at radius 2 is 1.90 bits per heavy atom. The number of benzene rings is 1. The number of methoxy groups -OCH3 is 2. The van der Waals surface area contributed by atoms with Gasteiger partial charge in [-0.3, -0.25) is 9.78 Å². The van der Waals surface area contributed by atoms with Crippen molar-refractivity contribution in [3.63, 3.8) is 0 Å². The Morgan fingerprint density at radius 1 is 1.24 bits per heavy atom. The molecule has 0 aliphatic carbocycles. The topological polar surface area (TPSA) is 60.5 Å². The average molecular weight is 307 g/mol. The zero-order chi connectivity index (χ0) is 15.4. The molecule has 0 radical (unpaired) electrons. The van der Waals surface area contributed by atoms with Crippen LogP contribution in [0.15, 0.2) is 30.6 Å². The first kappa shape index (κ1) is 15.1. The number of rotatable bonds is 4. The molecule has 1 aromatic heterocycles. The van der Waals surface area contributed by atoms with Crippen molar-refractivity contribution in [3.05, 3.63) is 46.7 Å². The second-order valence-corrected chi connectivity index (χ2v) is 4.74. The average Bonchev–Trinajstić information content (AvgIpc) is 2.49. The Bertz CT molecular complexity index is 674. The lowest BCUT2D eigenvalue weighted by Crippen LogP contribution is -2.13. The molecular weight excluding hydrogens is 292 g/mol. The molecule has 0 aliphatic heterocycles. The van der Waals surface area contributed by atoms with Gasteiger partial charge in [-0.25, -0.2) is 0 Å². The number of carbonyl (C=O) groups is 1. The predicted octanol–water partition coefficient (Wildman–Crippen LogP) is 3.31. The highest BCUT2D eigenvalue weighted by atomic mass is 35.5. The normalized spacial score (nSPS) is 10.1. The molecule has 21 heavy (non-hydrogen) atoms. The molecule has 1 N–H and O–H groups in total. The van der Waals surface area contributed by atoms with E-state index in [1.54, 1.807) is 32.4 Å². The standard InChI is InChI=1S/C15H15ClN2O3/c1-9-6-13(20-2)14(21-3)7-12(9)18-15(19)10-4-5-17-8-11(10)16/h4-8H,1-3H3,(H,18,19). The zero-order valence-corrected chi connectivity index (χ0v) is 12.7. The van der Waals surface area contributed by atoms with Crippen molar-refractivity contribution in [1.82, 2.24) is 4.98 Å². The van der Waals surface area contributed by atoms with Crippen molar-refractivity contribution in [2.45, 2.75) is 6.92 Å². The molecule has 0 atom stereocenters.